The molecule has 0 bridgehead atoms. The van der Waals surface area contributed by atoms with Crippen molar-refractivity contribution in [2.24, 2.45) is 11.3 Å². The van der Waals surface area contributed by atoms with Crippen molar-refractivity contribution in [2.45, 2.75) is 139 Å². The van der Waals surface area contributed by atoms with Gasteiger partial charge in [-0.25, -0.2) is 0 Å². The molecule has 0 aromatic heterocycles. The second-order valence-electron chi connectivity index (χ2n) is 22.3. The van der Waals surface area contributed by atoms with Crippen LogP contribution in [0.5, 0.6) is 0 Å². The molecule has 5 aromatic rings. The predicted molar refractivity (Wildman–Crippen MR) is 274 cm³/mol. The van der Waals surface area contributed by atoms with Crippen LogP contribution in [0, 0.1) is 52.9 Å². The number of halogens is 2. The van der Waals surface area contributed by atoms with Gasteiger partial charge in [0.2, 0.25) is 0 Å². The fourth-order valence-electron chi connectivity index (χ4n) is 11.5. The van der Waals surface area contributed by atoms with E-state index < -0.39 is 18.3 Å². The number of aryl methyl sites for hydroxylation is 6. The van der Waals surface area contributed by atoms with Gasteiger partial charge in [0.15, 0.2) is 0 Å². The van der Waals surface area contributed by atoms with E-state index in [4.69, 9.17) is 4.21 Å². The fraction of sp³-hybridized carbons (Fsp3) is 0.397. The van der Waals surface area contributed by atoms with Gasteiger partial charge in [0.25, 0.3) is 0 Å². The topological polar surface area (TPSA) is 0 Å². The molecule has 0 nitrogen and oxygen atoms in total. The van der Waals surface area contributed by atoms with E-state index in [1.807, 2.05) is 0 Å². The maximum atomic E-state index is 5.93. The first-order valence-electron chi connectivity index (χ1n) is 22.4. The maximum absolute atomic E-state index is 5.93. The second-order valence-corrected chi connectivity index (χ2v) is 36.3. The van der Waals surface area contributed by atoms with E-state index >= 15 is 0 Å². The molecule has 0 fully saturated rings. The molecule has 7 rings (SSSR count). The first kappa shape index (κ1) is 48.9. The van der Waals surface area contributed by atoms with Gasteiger partial charge in [0.1, 0.15) is 0 Å². The van der Waals surface area contributed by atoms with Crippen molar-refractivity contribution in [2.75, 3.05) is 0 Å². The van der Waals surface area contributed by atoms with Crippen molar-refractivity contribution in [3.8, 4) is 33.4 Å². The molecule has 0 saturated heterocycles. The van der Waals surface area contributed by atoms with Crippen LogP contribution in [0.15, 0.2) is 93.8 Å². The SMILES string of the molecule is Cl.Cl.[CH2]=[Zr]([CH3])([C]1=CC(C(C)(C)C)=CC1CC)([c]1ccccc1)[c]1c2c(cc(C(C)(C)C)c1-c1c(C)cc(C)cc1C)-c1cc(C(C)(C)C)c(-c3c(C)cc(C)cc3C)cc1C2. The van der Waals surface area contributed by atoms with Crippen LogP contribution in [0.25, 0.3) is 33.4 Å². The minimum absolute atomic E-state index is 0. The first-order valence-corrected chi connectivity index (χ1v) is 30.2. The summed E-state index contributed by atoms with van der Waals surface area (Å²) in [6.45, 7) is 37.9. The Labute approximate surface area is 384 Å². The molecular weight excluding hydrogens is 859 g/mol. The molecule has 1 atom stereocenters. The Bertz CT molecular complexity index is 2630. The Hall–Kier alpha value is -3.09. The Balaban J connectivity index is 0.00000352. The molecule has 0 radical (unpaired) electrons. The number of allylic oxidation sites excluding steroid dienone is 4. The Morgan fingerprint density at radius 2 is 1.08 bits per heavy atom. The molecule has 0 aliphatic heterocycles. The van der Waals surface area contributed by atoms with Crippen molar-refractivity contribution in [3.05, 3.63) is 149 Å². The zero-order chi connectivity index (χ0) is 43.4. The van der Waals surface area contributed by atoms with Gasteiger partial charge in [0, 0.05) is 0 Å². The molecule has 324 valence electrons. The average Bonchev–Trinajstić information content (AvgIpc) is 3.72. The molecule has 2 aliphatic carbocycles. The summed E-state index contributed by atoms with van der Waals surface area (Å²) < 4.78 is 13.3. The van der Waals surface area contributed by atoms with Gasteiger partial charge in [0.05, 0.1) is 0 Å². The van der Waals surface area contributed by atoms with E-state index in [0.29, 0.717) is 5.92 Å². The van der Waals surface area contributed by atoms with E-state index in [9.17, 15) is 0 Å². The predicted octanol–water partition coefficient (Wildman–Crippen LogP) is 15.9. The fourth-order valence-corrected chi connectivity index (χ4v) is 25.8. The van der Waals surface area contributed by atoms with Crippen LogP contribution in [0.2, 0.25) is 4.63 Å². The standard InChI is InChI=1S/C39H45.C11H17.C6H5.CH3.CH2.2ClH.Zr/c1-22-13-24(3)36(25(4)14-22)32-18-28-17-29-19-33(37-26(5)15-23(2)16-27(37)6)35(39(10,11)12)21-31(29)30(28)20-34(32)38(7,8)9;1-5-9-6-7-10(8-9)11(2,3)4;1-2-4-6-5-3-1;;;;;/h13-16,18,20-21H,17H2,1-12H3;7-9H,5H2,1-4H3;1-5H;1H3;1H2;2*1H;. The van der Waals surface area contributed by atoms with E-state index in [2.05, 4.69) is 200 Å². The van der Waals surface area contributed by atoms with Gasteiger partial charge < -0.3 is 0 Å². The van der Waals surface area contributed by atoms with Crippen molar-refractivity contribution < 1.29 is 18.3 Å². The van der Waals surface area contributed by atoms with Gasteiger partial charge in [-0.3, -0.25) is 0 Å². The number of benzene rings is 5. The Morgan fingerprint density at radius 1 is 0.590 bits per heavy atom. The molecule has 2 aliphatic rings. The molecule has 0 spiro atoms. The summed E-state index contributed by atoms with van der Waals surface area (Å²) in [4.78, 5) is 0. The second kappa shape index (κ2) is 16.5. The third kappa shape index (κ3) is 8.17. The van der Waals surface area contributed by atoms with E-state index in [1.54, 1.807) is 6.55 Å². The molecule has 1 unspecified atom stereocenters. The van der Waals surface area contributed by atoms with Crippen molar-refractivity contribution in [3.63, 3.8) is 0 Å². The van der Waals surface area contributed by atoms with Crippen LogP contribution in [-0.4, -0.2) is 4.21 Å². The normalized spacial score (nSPS) is 15.4. The zero-order valence-electron chi connectivity index (χ0n) is 40.6. The number of hydrogen-bond donors (Lipinski definition) is 0. The molecule has 3 heteroatoms. The summed E-state index contributed by atoms with van der Waals surface area (Å²) in [5, 5.41) is 0. The average molecular weight is 933 g/mol. The van der Waals surface area contributed by atoms with Crippen molar-refractivity contribution >= 4 is 35.6 Å². The number of rotatable bonds is 6. The molecule has 0 heterocycles. The van der Waals surface area contributed by atoms with Crippen molar-refractivity contribution in [1.29, 1.82) is 0 Å². The molecule has 0 saturated carbocycles. The molecule has 61 heavy (non-hydrogen) atoms. The Kier molecular flexibility index (Phi) is 13.2. The molecular formula is C58H74Cl2Zr. The molecule has 5 aromatic carbocycles. The minimum atomic E-state index is -4.90. The molecule has 0 N–H and O–H groups in total. The van der Waals surface area contributed by atoms with Crippen LogP contribution in [0.4, 0.5) is 0 Å². The third-order valence-corrected chi connectivity index (χ3v) is 28.7. The summed E-state index contributed by atoms with van der Waals surface area (Å²) >= 11 is -4.90. The first-order chi connectivity index (χ1) is 27.3. The van der Waals surface area contributed by atoms with Gasteiger partial charge in [-0.1, -0.05) is 0 Å². The van der Waals surface area contributed by atoms with Gasteiger partial charge in [-0.2, -0.15) is 0 Å². The summed E-state index contributed by atoms with van der Waals surface area (Å²) in [5.41, 5.74) is 23.7. The summed E-state index contributed by atoms with van der Waals surface area (Å²) in [7, 11) is 0. The van der Waals surface area contributed by atoms with Gasteiger partial charge >= 0.3 is 362 Å². The van der Waals surface area contributed by atoms with E-state index in [0.717, 1.165) is 12.8 Å². The van der Waals surface area contributed by atoms with Crippen LogP contribution in [-0.2, 0) is 35.5 Å². The quantitative estimate of drug-likeness (QED) is 0.156. The van der Waals surface area contributed by atoms with Gasteiger partial charge in [-0.05, 0) is 0 Å². The summed E-state index contributed by atoms with van der Waals surface area (Å²) in [5.74, 6) is 0.343. The van der Waals surface area contributed by atoms with Crippen molar-refractivity contribution in [1.82, 2.24) is 0 Å². The summed E-state index contributed by atoms with van der Waals surface area (Å²) in [6.07, 6.45) is 7.26. The Morgan fingerprint density at radius 3 is 1.56 bits per heavy atom. The zero-order valence-corrected chi connectivity index (χ0v) is 44.7. The third-order valence-electron chi connectivity index (χ3n) is 14.2. The van der Waals surface area contributed by atoms with E-state index in [1.165, 1.54) is 97.9 Å². The van der Waals surface area contributed by atoms with E-state index in [-0.39, 0.29) is 41.1 Å². The van der Waals surface area contributed by atoms with Gasteiger partial charge in [-0.15, -0.1) is 24.8 Å². The number of hydrogen-bond acceptors (Lipinski definition) is 0. The number of fused-ring (bicyclic) bond motifs is 3. The summed E-state index contributed by atoms with van der Waals surface area (Å²) in [6, 6.07) is 29.1. The van der Waals surface area contributed by atoms with Crippen LogP contribution < -0.4 is 6.54 Å². The van der Waals surface area contributed by atoms with Crippen LogP contribution >= 0.6 is 24.8 Å². The molecule has 0 amide bonds. The van der Waals surface area contributed by atoms with Crippen LogP contribution in [0.3, 0.4) is 0 Å². The van der Waals surface area contributed by atoms with Crippen LogP contribution in [0.1, 0.15) is 131 Å². The monoisotopic (exact) mass is 930 g/mol.